The quantitative estimate of drug-likeness (QED) is 0.790. The van der Waals surface area contributed by atoms with Gasteiger partial charge in [0, 0.05) is 31.5 Å². The molecule has 3 nitrogen and oxygen atoms in total. The molecule has 1 fully saturated rings. The summed E-state index contributed by atoms with van der Waals surface area (Å²) in [5.41, 5.74) is 0. The minimum Gasteiger partial charge on any atom is -0.336 e. The lowest BCUT2D eigenvalue weighted by Crippen LogP contribution is -2.33. The van der Waals surface area contributed by atoms with Crippen molar-refractivity contribution >= 4 is 0 Å². The lowest BCUT2D eigenvalue weighted by Gasteiger charge is -2.22. The van der Waals surface area contributed by atoms with Crippen LogP contribution in [0.15, 0.2) is 18.7 Å². The molecule has 3 heteroatoms. The first-order valence-corrected chi connectivity index (χ1v) is 5.64. The van der Waals surface area contributed by atoms with Crippen molar-refractivity contribution in [3.8, 4) is 0 Å². The Kier molecular flexibility index (Phi) is 3.57. The lowest BCUT2D eigenvalue weighted by atomic mass is 9.95. The Morgan fingerprint density at radius 1 is 1.29 bits per heavy atom. The third-order valence-corrected chi connectivity index (χ3v) is 2.97. The van der Waals surface area contributed by atoms with Crippen LogP contribution in [0.5, 0.6) is 0 Å². The highest BCUT2D eigenvalue weighted by molar-refractivity contribution is 4.76. The minimum atomic E-state index is 0.771. The van der Waals surface area contributed by atoms with Gasteiger partial charge in [0.25, 0.3) is 0 Å². The lowest BCUT2D eigenvalue weighted by molar-refractivity contribution is 0.368. The molecule has 1 aliphatic rings. The van der Waals surface area contributed by atoms with Gasteiger partial charge in [-0.25, -0.2) is 4.98 Å². The summed E-state index contributed by atoms with van der Waals surface area (Å²) < 4.78 is 2.12. The fourth-order valence-electron chi connectivity index (χ4n) is 2.12. The van der Waals surface area contributed by atoms with Crippen LogP contribution in [0.1, 0.15) is 32.1 Å². The number of nitrogens with zero attached hydrogens (tertiary/aromatic N) is 2. The molecule has 1 aromatic rings. The third-order valence-electron chi connectivity index (χ3n) is 2.97. The summed E-state index contributed by atoms with van der Waals surface area (Å²) in [5.74, 6) is 0. The second-order valence-corrected chi connectivity index (χ2v) is 4.09. The third kappa shape index (κ3) is 2.84. The van der Waals surface area contributed by atoms with Crippen molar-refractivity contribution in [3.63, 3.8) is 0 Å². The van der Waals surface area contributed by atoms with Crippen LogP contribution in [-0.4, -0.2) is 22.1 Å². The van der Waals surface area contributed by atoms with Crippen molar-refractivity contribution in [1.29, 1.82) is 0 Å². The predicted molar refractivity (Wildman–Crippen MR) is 57.1 cm³/mol. The van der Waals surface area contributed by atoms with E-state index in [9.17, 15) is 0 Å². The molecular weight excluding hydrogens is 174 g/mol. The van der Waals surface area contributed by atoms with Gasteiger partial charge in [-0.15, -0.1) is 0 Å². The van der Waals surface area contributed by atoms with Gasteiger partial charge in [-0.2, -0.15) is 0 Å². The van der Waals surface area contributed by atoms with Crippen molar-refractivity contribution in [2.75, 3.05) is 6.54 Å². The van der Waals surface area contributed by atoms with Gasteiger partial charge >= 0.3 is 0 Å². The molecule has 0 aromatic carbocycles. The van der Waals surface area contributed by atoms with Gasteiger partial charge in [0.15, 0.2) is 0 Å². The standard InChI is InChI=1S/C11H19N3/c1-2-4-11(5-3-1)13-7-9-14-8-6-12-10-14/h6,8,10-11,13H,1-5,7,9H2. The van der Waals surface area contributed by atoms with E-state index in [1.54, 1.807) is 0 Å². The van der Waals surface area contributed by atoms with E-state index < -0.39 is 0 Å². The number of hydrogen-bond donors (Lipinski definition) is 1. The van der Waals surface area contributed by atoms with E-state index in [1.165, 1.54) is 32.1 Å². The molecule has 0 atom stereocenters. The van der Waals surface area contributed by atoms with Crippen LogP contribution >= 0.6 is 0 Å². The molecule has 1 aromatic heterocycles. The van der Waals surface area contributed by atoms with Crippen LogP contribution in [0.25, 0.3) is 0 Å². The van der Waals surface area contributed by atoms with Gasteiger partial charge in [-0.3, -0.25) is 0 Å². The van der Waals surface area contributed by atoms with Crippen molar-refractivity contribution in [2.45, 2.75) is 44.7 Å². The Balaban J connectivity index is 1.62. The first-order chi connectivity index (χ1) is 6.95. The SMILES string of the molecule is c1cn(CCNC2CCCCC2)cn1. The van der Waals surface area contributed by atoms with Crippen molar-refractivity contribution in [3.05, 3.63) is 18.7 Å². The number of hydrogen-bond acceptors (Lipinski definition) is 2. The zero-order chi connectivity index (χ0) is 9.64. The highest BCUT2D eigenvalue weighted by atomic mass is 15.0. The summed E-state index contributed by atoms with van der Waals surface area (Å²) in [7, 11) is 0. The fourth-order valence-corrected chi connectivity index (χ4v) is 2.12. The maximum absolute atomic E-state index is 4.02. The highest BCUT2D eigenvalue weighted by Crippen LogP contribution is 2.16. The molecule has 0 saturated heterocycles. The highest BCUT2D eigenvalue weighted by Gasteiger charge is 2.11. The second kappa shape index (κ2) is 5.15. The summed E-state index contributed by atoms with van der Waals surface area (Å²) in [6, 6.07) is 0.771. The topological polar surface area (TPSA) is 29.9 Å². The molecular formula is C11H19N3. The summed E-state index contributed by atoms with van der Waals surface area (Å²) >= 11 is 0. The number of aromatic nitrogens is 2. The van der Waals surface area contributed by atoms with Crippen LogP contribution in [0, 0.1) is 0 Å². The van der Waals surface area contributed by atoms with Crippen LogP contribution in [0.3, 0.4) is 0 Å². The molecule has 0 bridgehead atoms. The summed E-state index contributed by atoms with van der Waals surface area (Å²) in [4.78, 5) is 4.02. The van der Waals surface area contributed by atoms with E-state index >= 15 is 0 Å². The first kappa shape index (κ1) is 9.71. The van der Waals surface area contributed by atoms with Crippen LogP contribution in [0.2, 0.25) is 0 Å². The van der Waals surface area contributed by atoms with Gasteiger partial charge in [-0.05, 0) is 12.8 Å². The molecule has 14 heavy (non-hydrogen) atoms. The summed E-state index contributed by atoms with van der Waals surface area (Å²) in [5, 5.41) is 3.61. The van der Waals surface area contributed by atoms with Crippen LogP contribution in [-0.2, 0) is 6.54 Å². The van der Waals surface area contributed by atoms with Crippen molar-refractivity contribution in [1.82, 2.24) is 14.9 Å². The molecule has 1 heterocycles. The van der Waals surface area contributed by atoms with E-state index in [1.807, 2.05) is 18.7 Å². The summed E-state index contributed by atoms with van der Waals surface area (Å²) in [6.07, 6.45) is 12.7. The van der Waals surface area contributed by atoms with Gasteiger partial charge in [0.05, 0.1) is 6.33 Å². The maximum atomic E-state index is 4.02. The molecule has 1 N–H and O–H groups in total. The number of nitrogens with one attached hydrogen (secondary N) is 1. The monoisotopic (exact) mass is 193 g/mol. The zero-order valence-electron chi connectivity index (χ0n) is 8.65. The predicted octanol–water partition coefficient (Wildman–Crippen LogP) is 1.81. The van der Waals surface area contributed by atoms with E-state index in [4.69, 9.17) is 0 Å². The zero-order valence-corrected chi connectivity index (χ0v) is 8.65. The van der Waals surface area contributed by atoms with E-state index in [0.29, 0.717) is 0 Å². The molecule has 0 spiro atoms. The fraction of sp³-hybridized carbons (Fsp3) is 0.727. The molecule has 78 valence electrons. The normalized spacial score (nSPS) is 18.6. The molecule has 2 rings (SSSR count). The molecule has 0 amide bonds. The Labute approximate surface area is 85.5 Å². The van der Waals surface area contributed by atoms with Crippen LogP contribution in [0.4, 0.5) is 0 Å². The van der Waals surface area contributed by atoms with Gasteiger partial charge in [0.2, 0.25) is 0 Å². The van der Waals surface area contributed by atoms with Gasteiger partial charge in [-0.1, -0.05) is 19.3 Å². The Hall–Kier alpha value is -0.830. The van der Waals surface area contributed by atoms with Crippen molar-refractivity contribution in [2.24, 2.45) is 0 Å². The number of imidazole rings is 1. The maximum Gasteiger partial charge on any atom is 0.0946 e. The average Bonchev–Trinajstić information content (AvgIpc) is 2.72. The summed E-state index contributed by atoms with van der Waals surface area (Å²) in [6.45, 7) is 2.11. The van der Waals surface area contributed by atoms with E-state index in [-0.39, 0.29) is 0 Å². The van der Waals surface area contributed by atoms with Gasteiger partial charge in [0.1, 0.15) is 0 Å². The Morgan fingerprint density at radius 2 is 2.14 bits per heavy atom. The Morgan fingerprint density at radius 3 is 2.86 bits per heavy atom. The minimum absolute atomic E-state index is 0.771. The van der Waals surface area contributed by atoms with E-state index in [2.05, 4.69) is 14.9 Å². The smallest absolute Gasteiger partial charge is 0.0946 e. The Bertz CT molecular complexity index is 237. The van der Waals surface area contributed by atoms with Crippen molar-refractivity contribution < 1.29 is 0 Å². The van der Waals surface area contributed by atoms with E-state index in [0.717, 1.165) is 19.1 Å². The number of rotatable bonds is 4. The molecule has 0 radical (unpaired) electrons. The molecule has 1 saturated carbocycles. The average molecular weight is 193 g/mol. The molecule has 1 aliphatic carbocycles. The van der Waals surface area contributed by atoms with Gasteiger partial charge < -0.3 is 9.88 Å². The second-order valence-electron chi connectivity index (χ2n) is 4.09. The largest absolute Gasteiger partial charge is 0.336 e. The molecule has 0 unspecified atom stereocenters. The first-order valence-electron chi connectivity index (χ1n) is 5.64. The molecule has 0 aliphatic heterocycles. The van der Waals surface area contributed by atoms with Crippen LogP contribution < -0.4 is 5.32 Å².